The number of primary amides is 1. The van der Waals surface area contributed by atoms with Crippen molar-refractivity contribution in [2.24, 2.45) is 5.73 Å². The summed E-state index contributed by atoms with van der Waals surface area (Å²) in [7, 11) is 0. The molecule has 1 aromatic carbocycles. The van der Waals surface area contributed by atoms with Gasteiger partial charge in [0.2, 0.25) is 0 Å². The van der Waals surface area contributed by atoms with E-state index in [1.54, 1.807) is 12.1 Å². The first-order valence-electron chi connectivity index (χ1n) is 4.42. The number of phenols is 1. The van der Waals surface area contributed by atoms with Gasteiger partial charge >= 0.3 is 6.09 Å². The van der Waals surface area contributed by atoms with Crippen LogP contribution in [0, 0.1) is 0 Å². The Bertz CT molecular complexity index is 347. The number of nitrogens with two attached hydrogens (primary N) is 1. The second kappa shape index (κ2) is 3.21. The van der Waals surface area contributed by atoms with E-state index in [4.69, 9.17) is 15.6 Å². The summed E-state index contributed by atoms with van der Waals surface area (Å²) in [5.41, 5.74) is 5.96. The van der Waals surface area contributed by atoms with E-state index in [1.165, 1.54) is 0 Å². The molecule has 0 radical (unpaired) electrons. The summed E-state index contributed by atoms with van der Waals surface area (Å²) >= 11 is 0. The van der Waals surface area contributed by atoms with E-state index < -0.39 is 6.09 Å². The summed E-state index contributed by atoms with van der Waals surface area (Å²) < 4.78 is 4.83. The maximum absolute atomic E-state index is 10.4. The van der Waals surface area contributed by atoms with Crippen LogP contribution in [0.25, 0.3) is 0 Å². The molecule has 0 spiro atoms. The quantitative estimate of drug-likeness (QED) is 0.744. The highest BCUT2D eigenvalue weighted by molar-refractivity contribution is 5.65. The predicted molar refractivity (Wildman–Crippen MR) is 49.9 cm³/mol. The van der Waals surface area contributed by atoms with Crippen molar-refractivity contribution in [3.63, 3.8) is 0 Å². The number of carbonyl (C=O) groups is 1. The van der Waals surface area contributed by atoms with E-state index in [9.17, 15) is 4.79 Å². The van der Waals surface area contributed by atoms with Gasteiger partial charge in [-0.1, -0.05) is 12.1 Å². The van der Waals surface area contributed by atoms with E-state index in [2.05, 4.69) is 0 Å². The molecule has 2 atom stereocenters. The molecule has 1 fully saturated rings. The van der Waals surface area contributed by atoms with Crippen LogP contribution in [-0.4, -0.2) is 17.3 Å². The molecule has 2 rings (SSSR count). The molecule has 1 aromatic rings. The second-order valence-electron chi connectivity index (χ2n) is 3.41. The molecular formula is C10H11NO3. The van der Waals surface area contributed by atoms with Crippen molar-refractivity contribution in [1.82, 2.24) is 0 Å². The zero-order valence-electron chi connectivity index (χ0n) is 7.51. The molecule has 0 unspecified atom stereocenters. The number of benzene rings is 1. The van der Waals surface area contributed by atoms with Crippen LogP contribution < -0.4 is 5.73 Å². The fourth-order valence-corrected chi connectivity index (χ4v) is 1.52. The molecule has 0 heterocycles. The maximum Gasteiger partial charge on any atom is 0.404 e. The number of aromatic hydroxyl groups is 1. The lowest BCUT2D eigenvalue weighted by atomic mass is 10.1. The topological polar surface area (TPSA) is 72.6 Å². The fraction of sp³-hybridized carbons (Fsp3) is 0.300. The lowest BCUT2D eigenvalue weighted by molar-refractivity contribution is 0.147. The Balaban J connectivity index is 1.99. The van der Waals surface area contributed by atoms with Gasteiger partial charge < -0.3 is 15.6 Å². The van der Waals surface area contributed by atoms with Crippen molar-refractivity contribution in [3.8, 4) is 5.75 Å². The van der Waals surface area contributed by atoms with E-state index >= 15 is 0 Å². The molecule has 4 nitrogen and oxygen atoms in total. The van der Waals surface area contributed by atoms with Gasteiger partial charge in [0, 0.05) is 5.92 Å². The Morgan fingerprint density at radius 3 is 2.64 bits per heavy atom. The van der Waals surface area contributed by atoms with Crippen LogP contribution in [0.2, 0.25) is 0 Å². The molecule has 3 N–H and O–H groups in total. The molecule has 0 aromatic heterocycles. The third-order valence-electron chi connectivity index (χ3n) is 2.32. The summed E-state index contributed by atoms with van der Waals surface area (Å²) in [6, 6.07) is 6.89. The minimum absolute atomic E-state index is 0.0861. The summed E-state index contributed by atoms with van der Waals surface area (Å²) in [5.74, 6) is 0.477. The molecule has 14 heavy (non-hydrogen) atoms. The zero-order valence-corrected chi connectivity index (χ0v) is 7.51. The zero-order chi connectivity index (χ0) is 10.1. The normalized spacial score (nSPS) is 24.3. The van der Waals surface area contributed by atoms with Gasteiger partial charge in [0.05, 0.1) is 0 Å². The SMILES string of the molecule is NC(=O)O[C@@H]1C[C@H]1c1ccc(O)cc1. The molecule has 1 aliphatic rings. The highest BCUT2D eigenvalue weighted by Gasteiger charge is 2.41. The summed E-state index contributed by atoms with van der Waals surface area (Å²) in [6.45, 7) is 0. The Labute approximate surface area is 81.3 Å². The van der Waals surface area contributed by atoms with Crippen LogP contribution in [0.4, 0.5) is 4.79 Å². The summed E-state index contributed by atoms with van der Waals surface area (Å²) in [5, 5.41) is 9.06. The highest BCUT2D eigenvalue weighted by Crippen LogP contribution is 2.43. The fourth-order valence-electron chi connectivity index (χ4n) is 1.52. The Morgan fingerprint density at radius 2 is 2.07 bits per heavy atom. The van der Waals surface area contributed by atoms with Crippen molar-refractivity contribution in [3.05, 3.63) is 29.8 Å². The molecule has 1 amide bonds. The van der Waals surface area contributed by atoms with Gasteiger partial charge in [-0.3, -0.25) is 0 Å². The molecule has 0 saturated heterocycles. The number of ether oxygens (including phenoxy) is 1. The molecule has 4 heteroatoms. The van der Waals surface area contributed by atoms with Crippen molar-refractivity contribution in [2.45, 2.75) is 18.4 Å². The Morgan fingerprint density at radius 1 is 1.43 bits per heavy atom. The van der Waals surface area contributed by atoms with Crippen LogP contribution in [-0.2, 0) is 4.74 Å². The lowest BCUT2D eigenvalue weighted by Gasteiger charge is -2.00. The van der Waals surface area contributed by atoms with E-state index in [1.807, 2.05) is 12.1 Å². The molecule has 1 aliphatic carbocycles. The first-order valence-corrected chi connectivity index (χ1v) is 4.42. The smallest absolute Gasteiger partial charge is 0.404 e. The highest BCUT2D eigenvalue weighted by atomic mass is 16.6. The molecular weight excluding hydrogens is 182 g/mol. The largest absolute Gasteiger partial charge is 0.508 e. The number of amides is 1. The van der Waals surface area contributed by atoms with Gasteiger partial charge in [-0.25, -0.2) is 4.79 Å². The molecule has 74 valence electrons. The Kier molecular flexibility index (Phi) is 2.04. The van der Waals surface area contributed by atoms with Crippen molar-refractivity contribution in [2.75, 3.05) is 0 Å². The summed E-state index contributed by atoms with van der Waals surface area (Å²) in [4.78, 5) is 10.4. The monoisotopic (exact) mass is 193 g/mol. The predicted octanol–water partition coefficient (Wildman–Crippen LogP) is 1.34. The van der Waals surface area contributed by atoms with E-state index in [-0.39, 0.29) is 17.8 Å². The van der Waals surface area contributed by atoms with Crippen molar-refractivity contribution in [1.29, 1.82) is 0 Å². The average Bonchev–Trinajstić information content (AvgIpc) is 2.84. The number of hydrogen-bond donors (Lipinski definition) is 2. The first kappa shape index (κ1) is 8.87. The van der Waals surface area contributed by atoms with Crippen molar-refractivity contribution < 1.29 is 14.6 Å². The minimum atomic E-state index is -0.726. The van der Waals surface area contributed by atoms with Gasteiger partial charge in [-0.05, 0) is 24.1 Å². The van der Waals surface area contributed by atoms with Crippen LogP contribution in [0.5, 0.6) is 5.75 Å². The third kappa shape index (κ3) is 1.79. The van der Waals surface area contributed by atoms with Gasteiger partial charge in [-0.15, -0.1) is 0 Å². The maximum atomic E-state index is 10.4. The number of hydrogen-bond acceptors (Lipinski definition) is 3. The lowest BCUT2D eigenvalue weighted by Crippen LogP contribution is -2.14. The summed E-state index contributed by atoms with van der Waals surface area (Å²) in [6.07, 6.45) is 0.00147. The molecule has 1 saturated carbocycles. The second-order valence-corrected chi connectivity index (χ2v) is 3.41. The van der Waals surface area contributed by atoms with Crippen molar-refractivity contribution >= 4 is 6.09 Å². The van der Waals surface area contributed by atoms with Crippen LogP contribution >= 0.6 is 0 Å². The van der Waals surface area contributed by atoms with Crippen LogP contribution in [0.1, 0.15) is 17.9 Å². The Hall–Kier alpha value is -1.71. The van der Waals surface area contributed by atoms with Gasteiger partial charge in [0.25, 0.3) is 0 Å². The molecule has 0 bridgehead atoms. The number of carbonyl (C=O) groups excluding carboxylic acids is 1. The number of rotatable bonds is 2. The first-order chi connectivity index (χ1) is 6.66. The van der Waals surface area contributed by atoms with Crippen LogP contribution in [0.15, 0.2) is 24.3 Å². The standard InChI is InChI=1S/C10H11NO3/c11-10(13)14-9-5-8(9)6-1-3-7(12)4-2-6/h1-4,8-9,12H,5H2,(H2,11,13)/t8-,9+/m0/s1. The van der Waals surface area contributed by atoms with E-state index in [0.717, 1.165) is 12.0 Å². The molecule has 0 aliphatic heterocycles. The van der Waals surface area contributed by atoms with Gasteiger partial charge in [-0.2, -0.15) is 0 Å². The van der Waals surface area contributed by atoms with Gasteiger partial charge in [0.1, 0.15) is 11.9 Å². The van der Waals surface area contributed by atoms with Crippen LogP contribution in [0.3, 0.4) is 0 Å². The minimum Gasteiger partial charge on any atom is -0.508 e. The third-order valence-corrected chi connectivity index (χ3v) is 2.32. The average molecular weight is 193 g/mol. The van der Waals surface area contributed by atoms with Gasteiger partial charge in [0.15, 0.2) is 0 Å². The van der Waals surface area contributed by atoms with E-state index in [0.29, 0.717) is 0 Å². The number of phenolic OH excluding ortho intramolecular Hbond substituents is 1.